The number of pyridine rings is 1. The first-order valence-corrected chi connectivity index (χ1v) is 6.44. The molecule has 0 amide bonds. The summed E-state index contributed by atoms with van der Waals surface area (Å²) >= 11 is 3.43. The minimum Gasteiger partial charge on any atom is -0.305 e. The first-order valence-electron chi connectivity index (χ1n) is 5.64. The summed E-state index contributed by atoms with van der Waals surface area (Å²) in [6, 6.07) is 14.6. The molecule has 2 aromatic rings. The summed E-state index contributed by atoms with van der Waals surface area (Å²) in [7, 11) is 0. The van der Waals surface area contributed by atoms with E-state index in [-0.39, 0.29) is 6.04 Å². The molecule has 0 saturated carbocycles. The van der Waals surface area contributed by atoms with Crippen LogP contribution in [0.15, 0.2) is 53.1 Å². The van der Waals surface area contributed by atoms with Gasteiger partial charge in [-0.05, 0) is 36.8 Å². The summed E-state index contributed by atoms with van der Waals surface area (Å²) in [5, 5.41) is 3.46. The Hall–Kier alpha value is -1.19. The Kier molecular flexibility index (Phi) is 4.29. The van der Waals surface area contributed by atoms with Crippen molar-refractivity contribution in [1.29, 1.82) is 0 Å². The van der Waals surface area contributed by atoms with Crippen LogP contribution in [0.25, 0.3) is 0 Å². The number of hydrogen-bond donors (Lipinski definition) is 1. The fourth-order valence-corrected chi connectivity index (χ4v) is 1.87. The van der Waals surface area contributed by atoms with Gasteiger partial charge in [0.25, 0.3) is 0 Å². The van der Waals surface area contributed by atoms with Crippen molar-refractivity contribution in [1.82, 2.24) is 10.3 Å². The Morgan fingerprint density at radius 1 is 1.18 bits per heavy atom. The van der Waals surface area contributed by atoms with E-state index in [0.29, 0.717) is 0 Å². The maximum absolute atomic E-state index is 4.34. The molecule has 0 saturated heterocycles. The summed E-state index contributed by atoms with van der Waals surface area (Å²) in [5.41, 5.74) is 2.35. The lowest BCUT2D eigenvalue weighted by molar-refractivity contribution is 0.561. The smallest absolute Gasteiger partial charge is 0.0570 e. The molecule has 0 unspecified atom stereocenters. The van der Waals surface area contributed by atoms with Crippen LogP contribution in [-0.4, -0.2) is 4.98 Å². The molecule has 0 bridgehead atoms. The Labute approximate surface area is 110 Å². The summed E-state index contributed by atoms with van der Waals surface area (Å²) in [6.45, 7) is 2.98. The standard InChI is InChI=1S/C14H15BrN2/c1-11(14-4-2-3-9-16-14)17-10-12-5-7-13(15)8-6-12/h2-9,11,17H,10H2,1H3/t11-/m0/s1. The summed E-state index contributed by atoms with van der Waals surface area (Å²) < 4.78 is 1.11. The van der Waals surface area contributed by atoms with Gasteiger partial charge in [0.1, 0.15) is 0 Å². The van der Waals surface area contributed by atoms with E-state index < -0.39 is 0 Å². The van der Waals surface area contributed by atoms with Gasteiger partial charge in [-0.2, -0.15) is 0 Å². The lowest BCUT2D eigenvalue weighted by Gasteiger charge is -2.13. The third-order valence-electron chi connectivity index (χ3n) is 2.66. The third-order valence-corrected chi connectivity index (χ3v) is 3.19. The van der Waals surface area contributed by atoms with E-state index >= 15 is 0 Å². The molecule has 1 aromatic heterocycles. The van der Waals surface area contributed by atoms with Crippen molar-refractivity contribution in [3.05, 3.63) is 64.4 Å². The van der Waals surface area contributed by atoms with Crippen LogP contribution >= 0.6 is 15.9 Å². The summed E-state index contributed by atoms with van der Waals surface area (Å²) in [6.07, 6.45) is 1.83. The normalized spacial score (nSPS) is 12.4. The Balaban J connectivity index is 1.92. The van der Waals surface area contributed by atoms with Crippen LogP contribution in [-0.2, 0) is 6.54 Å². The maximum atomic E-state index is 4.34. The zero-order chi connectivity index (χ0) is 12.1. The number of aromatic nitrogens is 1. The van der Waals surface area contributed by atoms with Gasteiger partial charge >= 0.3 is 0 Å². The van der Waals surface area contributed by atoms with Crippen LogP contribution in [0, 0.1) is 0 Å². The van der Waals surface area contributed by atoms with Crippen LogP contribution in [0.3, 0.4) is 0 Å². The second-order valence-corrected chi connectivity index (χ2v) is 4.90. The fourth-order valence-electron chi connectivity index (χ4n) is 1.61. The van der Waals surface area contributed by atoms with Crippen LogP contribution in [0.2, 0.25) is 0 Å². The molecule has 0 aliphatic carbocycles. The monoisotopic (exact) mass is 290 g/mol. The molecular weight excluding hydrogens is 276 g/mol. The van der Waals surface area contributed by atoms with Crippen LogP contribution in [0.1, 0.15) is 24.2 Å². The predicted molar refractivity (Wildman–Crippen MR) is 73.6 cm³/mol. The molecule has 0 aliphatic heterocycles. The first kappa shape index (κ1) is 12.3. The van der Waals surface area contributed by atoms with Gasteiger partial charge in [-0.3, -0.25) is 4.98 Å². The molecule has 0 aliphatic rings. The molecule has 17 heavy (non-hydrogen) atoms. The van der Waals surface area contributed by atoms with Gasteiger partial charge in [0.05, 0.1) is 5.69 Å². The van der Waals surface area contributed by atoms with Gasteiger partial charge in [0.15, 0.2) is 0 Å². The zero-order valence-corrected chi connectivity index (χ0v) is 11.3. The van der Waals surface area contributed by atoms with Crippen molar-refractivity contribution in [2.24, 2.45) is 0 Å². The first-order chi connectivity index (χ1) is 8.25. The van der Waals surface area contributed by atoms with E-state index in [1.54, 1.807) is 0 Å². The molecule has 0 spiro atoms. The minimum absolute atomic E-state index is 0.264. The molecular formula is C14H15BrN2. The molecule has 88 valence electrons. The molecule has 1 atom stereocenters. The Morgan fingerprint density at radius 3 is 2.59 bits per heavy atom. The van der Waals surface area contributed by atoms with Crippen LogP contribution in [0.4, 0.5) is 0 Å². The molecule has 0 fully saturated rings. The zero-order valence-electron chi connectivity index (χ0n) is 9.73. The fraction of sp³-hybridized carbons (Fsp3) is 0.214. The minimum atomic E-state index is 0.264. The average molecular weight is 291 g/mol. The average Bonchev–Trinajstić information content (AvgIpc) is 2.39. The summed E-state index contributed by atoms with van der Waals surface area (Å²) in [4.78, 5) is 4.34. The number of hydrogen-bond acceptors (Lipinski definition) is 2. The number of halogens is 1. The maximum Gasteiger partial charge on any atom is 0.0570 e. The van der Waals surface area contributed by atoms with E-state index in [0.717, 1.165) is 16.7 Å². The molecule has 2 nitrogen and oxygen atoms in total. The van der Waals surface area contributed by atoms with E-state index in [4.69, 9.17) is 0 Å². The van der Waals surface area contributed by atoms with Gasteiger partial charge in [-0.25, -0.2) is 0 Å². The lowest BCUT2D eigenvalue weighted by atomic mass is 10.2. The third kappa shape index (κ3) is 3.65. The van der Waals surface area contributed by atoms with E-state index in [9.17, 15) is 0 Å². The van der Waals surface area contributed by atoms with Gasteiger partial charge in [-0.1, -0.05) is 34.1 Å². The van der Waals surface area contributed by atoms with Crippen molar-refractivity contribution in [3.8, 4) is 0 Å². The number of benzene rings is 1. The highest BCUT2D eigenvalue weighted by Gasteiger charge is 2.04. The summed E-state index contributed by atoms with van der Waals surface area (Å²) in [5.74, 6) is 0. The van der Waals surface area contributed by atoms with Crippen molar-refractivity contribution >= 4 is 15.9 Å². The molecule has 1 N–H and O–H groups in total. The topological polar surface area (TPSA) is 24.9 Å². The largest absolute Gasteiger partial charge is 0.305 e. The number of rotatable bonds is 4. The lowest BCUT2D eigenvalue weighted by Crippen LogP contribution is -2.18. The van der Waals surface area contributed by atoms with Gasteiger partial charge in [-0.15, -0.1) is 0 Å². The van der Waals surface area contributed by atoms with Crippen molar-refractivity contribution in [2.45, 2.75) is 19.5 Å². The van der Waals surface area contributed by atoms with Gasteiger partial charge < -0.3 is 5.32 Å². The highest BCUT2D eigenvalue weighted by molar-refractivity contribution is 9.10. The van der Waals surface area contributed by atoms with E-state index in [1.807, 2.05) is 24.4 Å². The molecule has 1 aromatic carbocycles. The number of nitrogens with one attached hydrogen (secondary N) is 1. The van der Waals surface area contributed by atoms with Gasteiger partial charge in [0.2, 0.25) is 0 Å². The quantitative estimate of drug-likeness (QED) is 0.929. The van der Waals surface area contributed by atoms with E-state index in [2.05, 4.69) is 57.4 Å². The van der Waals surface area contributed by atoms with Gasteiger partial charge in [0, 0.05) is 23.3 Å². The second-order valence-electron chi connectivity index (χ2n) is 3.98. The van der Waals surface area contributed by atoms with Crippen LogP contribution in [0.5, 0.6) is 0 Å². The highest BCUT2D eigenvalue weighted by atomic mass is 79.9. The SMILES string of the molecule is C[C@H](NCc1ccc(Br)cc1)c1ccccn1. The number of nitrogens with zero attached hydrogens (tertiary/aromatic N) is 1. The van der Waals surface area contributed by atoms with E-state index in [1.165, 1.54) is 5.56 Å². The van der Waals surface area contributed by atoms with Crippen molar-refractivity contribution < 1.29 is 0 Å². The highest BCUT2D eigenvalue weighted by Crippen LogP contribution is 2.12. The molecule has 1 heterocycles. The molecule has 0 radical (unpaired) electrons. The van der Waals surface area contributed by atoms with Crippen LogP contribution < -0.4 is 5.32 Å². The Bertz CT molecular complexity index is 453. The molecule has 3 heteroatoms. The van der Waals surface area contributed by atoms with Crippen molar-refractivity contribution in [2.75, 3.05) is 0 Å². The predicted octanol–water partition coefficient (Wildman–Crippen LogP) is 3.69. The van der Waals surface area contributed by atoms with Crippen molar-refractivity contribution in [3.63, 3.8) is 0 Å². The molecule has 2 rings (SSSR count). The Morgan fingerprint density at radius 2 is 1.94 bits per heavy atom. The second kappa shape index (κ2) is 5.94.